The van der Waals surface area contributed by atoms with Crippen LogP contribution in [0.2, 0.25) is 0 Å². The number of carbonyl (C=O) groups excluding carboxylic acids is 3. The Morgan fingerprint density at radius 1 is 0.609 bits per heavy atom. The van der Waals surface area contributed by atoms with Gasteiger partial charge in [-0.05, 0) is 19.3 Å². The molecule has 260 valence electrons. The van der Waals surface area contributed by atoms with E-state index in [-0.39, 0.29) is 83.7 Å². The van der Waals surface area contributed by atoms with E-state index in [9.17, 15) is 28.7 Å². The van der Waals surface area contributed by atoms with Gasteiger partial charge in [-0.1, -0.05) is 141 Å². The fourth-order valence-corrected chi connectivity index (χ4v) is 5.89. The van der Waals surface area contributed by atoms with E-state index in [2.05, 4.69) is 11.4 Å². The number of unbranched alkanes of at least 4 members (excludes halogenated alkanes) is 20. The molecule has 0 saturated carbocycles. The molecule has 0 aliphatic carbocycles. The van der Waals surface area contributed by atoms with E-state index in [1.54, 1.807) is 6.92 Å². The summed E-state index contributed by atoms with van der Waals surface area (Å²) in [7, 11) is -5.25. The summed E-state index contributed by atoms with van der Waals surface area (Å²) in [6.45, 7) is 2.81. The van der Waals surface area contributed by atoms with Crippen molar-refractivity contribution in [3.8, 4) is 0 Å². The minimum atomic E-state index is -5.25. The minimum absolute atomic E-state index is 0. The molecule has 0 radical (unpaired) electrons. The molecule has 0 aliphatic rings. The Morgan fingerprint density at radius 2 is 1.00 bits per heavy atom. The molecule has 13 heteroatoms. The molecule has 0 aliphatic heterocycles. The van der Waals surface area contributed by atoms with E-state index in [0.29, 0.717) is 12.8 Å². The standard InChI is InChI=1S/C33H63O9PS.2Na/c1-3-4-5-6-7-8-9-10-14-17-20-23-26-33(36)42-31(29-41-43(37,38)39)28-40-32(35)25-22-19-16-13-11-12-15-18-21-24-27-44-30(2)34;;/h31H,3-29H2,1-2H3,(H2,37,38,39);;/q;2*+1/p-2/t31-;;/m0../s1. The fraction of sp³-hybridized carbons (Fsp3) is 0.909. The van der Waals surface area contributed by atoms with Gasteiger partial charge in [0.1, 0.15) is 6.61 Å². The zero-order chi connectivity index (χ0) is 32.7. The van der Waals surface area contributed by atoms with Crippen LogP contribution >= 0.6 is 19.6 Å². The van der Waals surface area contributed by atoms with Gasteiger partial charge in [0.2, 0.25) is 0 Å². The molecule has 0 fully saturated rings. The third kappa shape index (κ3) is 41.2. The van der Waals surface area contributed by atoms with Crippen LogP contribution in [0.3, 0.4) is 0 Å². The maximum Gasteiger partial charge on any atom is 1.00 e. The molecule has 0 aromatic rings. The van der Waals surface area contributed by atoms with Crippen molar-refractivity contribution in [2.45, 2.75) is 174 Å². The summed E-state index contributed by atoms with van der Waals surface area (Å²) in [5.41, 5.74) is 0. The monoisotopic (exact) mass is 710 g/mol. The van der Waals surface area contributed by atoms with E-state index in [0.717, 1.165) is 50.7 Å². The smallest absolute Gasteiger partial charge is 0.790 e. The molecule has 0 spiro atoms. The van der Waals surface area contributed by atoms with E-state index in [1.807, 2.05) is 0 Å². The van der Waals surface area contributed by atoms with Gasteiger partial charge in [-0.15, -0.1) is 0 Å². The summed E-state index contributed by atoms with van der Waals surface area (Å²) < 4.78 is 25.7. The first-order chi connectivity index (χ1) is 21.1. The zero-order valence-electron chi connectivity index (χ0n) is 29.7. The molecular weight excluding hydrogens is 649 g/mol. The summed E-state index contributed by atoms with van der Waals surface area (Å²) in [6.07, 6.45) is 24.1. The minimum Gasteiger partial charge on any atom is -0.790 e. The molecule has 0 saturated heterocycles. The number of hydrogen-bond acceptors (Lipinski definition) is 10. The summed E-state index contributed by atoms with van der Waals surface area (Å²) in [6, 6.07) is 0. The van der Waals surface area contributed by atoms with Crippen molar-refractivity contribution in [2.24, 2.45) is 0 Å². The van der Waals surface area contributed by atoms with Gasteiger partial charge in [0.15, 0.2) is 11.2 Å². The predicted molar refractivity (Wildman–Crippen MR) is 174 cm³/mol. The topological polar surface area (TPSA) is 142 Å². The van der Waals surface area contributed by atoms with Crippen molar-refractivity contribution < 1.29 is 102 Å². The van der Waals surface area contributed by atoms with Crippen molar-refractivity contribution >= 4 is 36.6 Å². The van der Waals surface area contributed by atoms with Crippen LogP contribution in [-0.2, 0) is 32.9 Å². The van der Waals surface area contributed by atoms with Gasteiger partial charge in [-0.25, -0.2) is 0 Å². The number of phosphoric acid groups is 1. The maximum absolute atomic E-state index is 12.3. The number of hydrogen-bond donors (Lipinski definition) is 0. The normalized spacial score (nSPS) is 11.7. The van der Waals surface area contributed by atoms with E-state index >= 15 is 0 Å². The Hall–Kier alpha value is 1.07. The van der Waals surface area contributed by atoms with Gasteiger partial charge in [-0.2, -0.15) is 0 Å². The second-order valence-electron chi connectivity index (χ2n) is 11.8. The van der Waals surface area contributed by atoms with Crippen LogP contribution in [0.5, 0.6) is 0 Å². The summed E-state index contributed by atoms with van der Waals surface area (Å²) >= 11 is 1.40. The number of thioether (sulfide) groups is 1. The van der Waals surface area contributed by atoms with Crippen molar-refractivity contribution in [3.63, 3.8) is 0 Å². The molecule has 0 aromatic heterocycles. The number of esters is 2. The van der Waals surface area contributed by atoms with E-state index in [1.165, 1.54) is 95.2 Å². The SMILES string of the molecule is CCCCCCCCCCCCCCC(=O)O[C@@H](COC(=O)CCCCCCCCCCCCSC(C)=O)COP(=O)([O-])[O-].[Na+].[Na+]. The van der Waals surface area contributed by atoms with Crippen molar-refractivity contribution in [1.82, 2.24) is 0 Å². The fourth-order valence-electron chi connectivity index (χ4n) is 4.91. The first-order valence-electron chi connectivity index (χ1n) is 17.3. The Bertz CT molecular complexity index is 771. The molecular formula is C33H61Na2O9PS. The molecule has 0 unspecified atom stereocenters. The molecule has 9 nitrogen and oxygen atoms in total. The first kappa shape index (κ1) is 51.4. The Morgan fingerprint density at radius 3 is 1.41 bits per heavy atom. The molecule has 0 N–H and O–H groups in total. The number of carbonyl (C=O) groups is 3. The van der Waals surface area contributed by atoms with Gasteiger partial charge in [-0.3, -0.25) is 14.4 Å². The molecule has 0 heterocycles. The second kappa shape index (κ2) is 37.3. The van der Waals surface area contributed by atoms with Gasteiger partial charge in [0, 0.05) is 25.5 Å². The van der Waals surface area contributed by atoms with Crippen LogP contribution < -0.4 is 68.9 Å². The van der Waals surface area contributed by atoms with Gasteiger partial charge >= 0.3 is 71.1 Å². The van der Waals surface area contributed by atoms with Gasteiger partial charge in [0.05, 0.1) is 14.4 Å². The van der Waals surface area contributed by atoms with Crippen molar-refractivity contribution in [1.29, 1.82) is 0 Å². The van der Waals surface area contributed by atoms with Crippen LogP contribution in [0.4, 0.5) is 0 Å². The third-order valence-electron chi connectivity index (χ3n) is 7.46. The molecule has 1 atom stereocenters. The quantitative estimate of drug-likeness (QED) is 0.0440. The maximum atomic E-state index is 12.3. The zero-order valence-corrected chi connectivity index (χ0v) is 35.4. The molecule has 0 rings (SSSR count). The Labute approximate surface area is 328 Å². The van der Waals surface area contributed by atoms with Crippen LogP contribution in [-0.4, -0.2) is 42.1 Å². The Kier molecular flexibility index (Phi) is 41.7. The summed E-state index contributed by atoms with van der Waals surface area (Å²) in [5.74, 6) is -0.0677. The van der Waals surface area contributed by atoms with Crippen molar-refractivity contribution in [3.05, 3.63) is 0 Å². The molecule has 0 aromatic carbocycles. The average Bonchev–Trinajstić information content (AvgIpc) is 2.96. The van der Waals surface area contributed by atoms with E-state index in [4.69, 9.17) is 9.47 Å². The third-order valence-corrected chi connectivity index (χ3v) is 8.83. The van der Waals surface area contributed by atoms with Gasteiger partial charge in [0.25, 0.3) is 0 Å². The first-order valence-corrected chi connectivity index (χ1v) is 19.7. The Balaban J connectivity index is -0.00000924. The number of phosphoric ester groups is 1. The number of ether oxygens (including phenoxy) is 2. The predicted octanol–water partition coefficient (Wildman–Crippen LogP) is 1.96. The summed E-state index contributed by atoms with van der Waals surface area (Å²) in [4.78, 5) is 57.1. The van der Waals surface area contributed by atoms with Crippen LogP contribution in [0.25, 0.3) is 0 Å². The molecule has 0 bridgehead atoms. The molecule has 46 heavy (non-hydrogen) atoms. The largest absolute Gasteiger partial charge is 1.00 e. The van der Waals surface area contributed by atoms with Gasteiger partial charge < -0.3 is 28.3 Å². The van der Waals surface area contributed by atoms with E-state index < -0.39 is 32.5 Å². The molecule has 0 amide bonds. The van der Waals surface area contributed by atoms with Crippen LogP contribution in [0.1, 0.15) is 168 Å². The number of rotatable bonds is 32. The second-order valence-corrected chi connectivity index (χ2v) is 14.2. The van der Waals surface area contributed by atoms with Crippen molar-refractivity contribution in [2.75, 3.05) is 19.0 Å². The average molecular weight is 711 g/mol. The van der Waals surface area contributed by atoms with Crippen LogP contribution in [0.15, 0.2) is 0 Å². The van der Waals surface area contributed by atoms with Crippen LogP contribution in [0, 0.1) is 0 Å². The summed E-state index contributed by atoms with van der Waals surface area (Å²) in [5, 5.41) is 0.187.